The normalized spacial score (nSPS) is 13.0. The Balaban J connectivity index is 2.29. The first-order chi connectivity index (χ1) is 14.2. The molecular weight excluding hydrogens is 441 g/mol. The van der Waals surface area contributed by atoms with Crippen LogP contribution in [0.5, 0.6) is 5.75 Å². The van der Waals surface area contributed by atoms with Crippen LogP contribution >= 0.6 is 0 Å². The van der Waals surface area contributed by atoms with Crippen LogP contribution in [0.4, 0.5) is 18.9 Å². The molecule has 0 saturated heterocycles. The maximum absolute atomic E-state index is 12.7. The van der Waals surface area contributed by atoms with Crippen LogP contribution in [0.3, 0.4) is 0 Å². The number of amides is 2. The predicted molar refractivity (Wildman–Crippen MR) is 103 cm³/mol. The van der Waals surface area contributed by atoms with Crippen molar-refractivity contribution < 1.29 is 35.9 Å². The number of nitrogen functional groups attached to an aromatic ring is 1. The summed E-state index contributed by atoms with van der Waals surface area (Å²) in [6.45, 7) is 3.32. The molecule has 0 aliphatic heterocycles. The minimum atomic E-state index is -4.92. The highest BCUT2D eigenvalue weighted by atomic mass is 32.2. The van der Waals surface area contributed by atoms with E-state index < -0.39 is 39.8 Å². The minimum Gasteiger partial charge on any atom is -0.406 e. The summed E-state index contributed by atoms with van der Waals surface area (Å²) in [6.07, 6.45) is -4.05. The standard InChI is InChI=1S/C18H19F3N4O5S/c1-9(2)14(16(23)26)25-17(27)15-13(22)7-12(8-24-15)31(28,29)11-5-3-10(4-6-11)30-18(19,20)21/h3-9,14H,22H2,1-2H3,(H2,23,26)(H,25,27)/t14-/m0/s1. The van der Waals surface area contributed by atoms with E-state index in [4.69, 9.17) is 11.5 Å². The fourth-order valence-corrected chi connectivity index (χ4v) is 3.77. The van der Waals surface area contributed by atoms with Crippen LogP contribution < -0.4 is 21.5 Å². The molecule has 0 unspecified atom stereocenters. The molecule has 2 rings (SSSR count). The van der Waals surface area contributed by atoms with Crippen LogP contribution in [0.15, 0.2) is 46.3 Å². The number of nitrogens with zero attached hydrogens (tertiary/aromatic N) is 1. The van der Waals surface area contributed by atoms with Crippen molar-refractivity contribution in [2.75, 3.05) is 5.73 Å². The summed E-state index contributed by atoms with van der Waals surface area (Å²) in [5.74, 6) is -2.50. The first-order valence-electron chi connectivity index (χ1n) is 8.69. The largest absolute Gasteiger partial charge is 0.573 e. The summed E-state index contributed by atoms with van der Waals surface area (Å²) in [6, 6.07) is 3.52. The van der Waals surface area contributed by atoms with Crippen LogP contribution in [0.2, 0.25) is 0 Å². The molecule has 0 spiro atoms. The number of ether oxygens (including phenoxy) is 1. The highest BCUT2D eigenvalue weighted by Crippen LogP contribution is 2.27. The van der Waals surface area contributed by atoms with E-state index in [9.17, 15) is 31.2 Å². The van der Waals surface area contributed by atoms with E-state index in [1.807, 2.05) is 0 Å². The first-order valence-corrected chi connectivity index (χ1v) is 10.2. The van der Waals surface area contributed by atoms with Crippen molar-refractivity contribution in [1.29, 1.82) is 0 Å². The van der Waals surface area contributed by atoms with E-state index >= 15 is 0 Å². The molecule has 5 N–H and O–H groups in total. The molecular formula is C18H19F3N4O5S. The number of sulfone groups is 1. The smallest absolute Gasteiger partial charge is 0.406 e. The third-order valence-corrected chi connectivity index (χ3v) is 5.78. The predicted octanol–water partition coefficient (Wildman–Crippen LogP) is 1.63. The second kappa shape index (κ2) is 8.79. The monoisotopic (exact) mass is 460 g/mol. The fourth-order valence-electron chi connectivity index (χ4n) is 2.53. The van der Waals surface area contributed by atoms with Crippen LogP contribution in [-0.4, -0.2) is 37.6 Å². The van der Waals surface area contributed by atoms with Crippen LogP contribution in [0, 0.1) is 5.92 Å². The molecule has 0 bridgehead atoms. The van der Waals surface area contributed by atoms with Gasteiger partial charge in [0.25, 0.3) is 5.91 Å². The van der Waals surface area contributed by atoms with Gasteiger partial charge in [0.1, 0.15) is 11.8 Å². The fraction of sp³-hybridized carbons (Fsp3) is 0.278. The lowest BCUT2D eigenvalue weighted by molar-refractivity contribution is -0.274. The van der Waals surface area contributed by atoms with Gasteiger partial charge in [-0.3, -0.25) is 9.59 Å². The Morgan fingerprint density at radius 3 is 2.16 bits per heavy atom. The van der Waals surface area contributed by atoms with Crippen molar-refractivity contribution in [2.45, 2.75) is 36.0 Å². The molecule has 31 heavy (non-hydrogen) atoms. The Morgan fingerprint density at radius 2 is 1.71 bits per heavy atom. The molecule has 0 aliphatic carbocycles. The number of alkyl halides is 3. The van der Waals surface area contributed by atoms with Gasteiger partial charge in [0.15, 0.2) is 5.69 Å². The number of nitrogens with two attached hydrogens (primary N) is 2. The van der Waals surface area contributed by atoms with E-state index in [1.165, 1.54) is 0 Å². The molecule has 0 radical (unpaired) electrons. The van der Waals surface area contributed by atoms with Gasteiger partial charge < -0.3 is 21.5 Å². The molecule has 0 aliphatic rings. The van der Waals surface area contributed by atoms with Gasteiger partial charge in [0.05, 0.1) is 15.5 Å². The van der Waals surface area contributed by atoms with Crippen molar-refractivity contribution >= 4 is 27.3 Å². The number of benzene rings is 1. The van der Waals surface area contributed by atoms with Crippen molar-refractivity contribution in [3.05, 3.63) is 42.2 Å². The molecule has 0 fully saturated rings. The zero-order chi connectivity index (χ0) is 23.6. The number of carbonyl (C=O) groups excluding carboxylic acids is 2. The van der Waals surface area contributed by atoms with Gasteiger partial charge in [-0.15, -0.1) is 13.2 Å². The SMILES string of the molecule is CC(C)[C@H](NC(=O)c1ncc(S(=O)(=O)c2ccc(OC(F)(F)F)cc2)cc1N)C(N)=O. The molecule has 9 nitrogen and oxygen atoms in total. The Hall–Kier alpha value is -3.35. The van der Waals surface area contributed by atoms with Gasteiger partial charge in [0.2, 0.25) is 15.7 Å². The van der Waals surface area contributed by atoms with Gasteiger partial charge in [-0.2, -0.15) is 0 Å². The maximum Gasteiger partial charge on any atom is 0.573 e. The van der Waals surface area contributed by atoms with Gasteiger partial charge in [-0.25, -0.2) is 13.4 Å². The van der Waals surface area contributed by atoms with Gasteiger partial charge in [-0.1, -0.05) is 13.8 Å². The molecule has 0 saturated carbocycles. The average Bonchev–Trinajstić information content (AvgIpc) is 2.64. The Labute approximate surface area is 175 Å². The molecule has 2 amide bonds. The van der Waals surface area contributed by atoms with Crippen molar-refractivity contribution in [3.8, 4) is 5.75 Å². The van der Waals surface area contributed by atoms with Crippen LogP contribution in [0.1, 0.15) is 24.3 Å². The lowest BCUT2D eigenvalue weighted by Crippen LogP contribution is -2.48. The maximum atomic E-state index is 12.7. The third kappa shape index (κ3) is 5.84. The Bertz CT molecular complexity index is 1090. The minimum absolute atomic E-state index is 0.289. The third-order valence-electron chi connectivity index (χ3n) is 4.04. The van der Waals surface area contributed by atoms with Crippen molar-refractivity contribution in [1.82, 2.24) is 10.3 Å². The lowest BCUT2D eigenvalue weighted by Gasteiger charge is -2.19. The van der Waals surface area contributed by atoms with Gasteiger partial charge >= 0.3 is 6.36 Å². The number of hydrogen-bond acceptors (Lipinski definition) is 7. The summed E-state index contributed by atoms with van der Waals surface area (Å²) in [5.41, 5.74) is 10.4. The molecule has 1 aromatic carbocycles. The number of carbonyl (C=O) groups is 2. The van der Waals surface area contributed by atoms with Crippen molar-refractivity contribution in [3.63, 3.8) is 0 Å². The first kappa shape index (κ1) is 23.9. The number of halogens is 3. The van der Waals surface area contributed by atoms with E-state index in [0.717, 1.165) is 36.5 Å². The molecule has 1 atom stereocenters. The van der Waals surface area contributed by atoms with E-state index in [2.05, 4.69) is 15.0 Å². The second-order valence-corrected chi connectivity index (χ2v) is 8.68. The Kier molecular flexibility index (Phi) is 6.79. The molecule has 1 heterocycles. The summed E-state index contributed by atoms with van der Waals surface area (Å²) >= 11 is 0. The van der Waals surface area contributed by atoms with Gasteiger partial charge in [-0.05, 0) is 36.2 Å². The summed E-state index contributed by atoms with van der Waals surface area (Å²) in [4.78, 5) is 26.8. The number of hydrogen-bond donors (Lipinski definition) is 3. The zero-order valence-electron chi connectivity index (χ0n) is 16.3. The van der Waals surface area contributed by atoms with E-state index in [0.29, 0.717) is 0 Å². The van der Waals surface area contributed by atoms with Crippen molar-refractivity contribution in [2.24, 2.45) is 11.7 Å². The van der Waals surface area contributed by atoms with Crippen LogP contribution in [-0.2, 0) is 14.6 Å². The second-order valence-electron chi connectivity index (χ2n) is 6.73. The average molecular weight is 460 g/mol. The summed E-state index contributed by atoms with van der Waals surface area (Å²) in [7, 11) is -4.20. The molecule has 1 aromatic heterocycles. The number of aromatic nitrogens is 1. The highest BCUT2D eigenvalue weighted by molar-refractivity contribution is 7.91. The lowest BCUT2D eigenvalue weighted by atomic mass is 10.0. The molecule has 2 aromatic rings. The highest BCUT2D eigenvalue weighted by Gasteiger charge is 2.31. The topological polar surface area (TPSA) is 154 Å². The van der Waals surface area contributed by atoms with Crippen LogP contribution in [0.25, 0.3) is 0 Å². The quantitative estimate of drug-likeness (QED) is 0.567. The molecule has 168 valence electrons. The zero-order valence-corrected chi connectivity index (χ0v) is 17.1. The molecule has 13 heteroatoms. The summed E-state index contributed by atoms with van der Waals surface area (Å²) < 4.78 is 65.8. The number of pyridine rings is 1. The Morgan fingerprint density at radius 1 is 1.13 bits per heavy atom. The number of anilines is 1. The number of rotatable bonds is 7. The number of primary amides is 1. The van der Waals surface area contributed by atoms with Gasteiger partial charge in [0, 0.05) is 6.20 Å². The summed E-state index contributed by atoms with van der Waals surface area (Å²) in [5, 5.41) is 2.38. The van der Waals surface area contributed by atoms with E-state index in [-0.39, 0.29) is 27.1 Å². The van der Waals surface area contributed by atoms with E-state index in [1.54, 1.807) is 13.8 Å². The number of nitrogens with one attached hydrogen (secondary N) is 1.